The third-order valence-corrected chi connectivity index (χ3v) is 4.90. The summed E-state index contributed by atoms with van der Waals surface area (Å²) in [5.74, 6) is -0.250. The molecule has 0 saturated carbocycles. The second-order valence-corrected chi connectivity index (χ2v) is 7.08. The van der Waals surface area contributed by atoms with Gasteiger partial charge in [0.2, 0.25) is 5.91 Å². The Morgan fingerprint density at radius 2 is 1.82 bits per heavy atom. The summed E-state index contributed by atoms with van der Waals surface area (Å²) in [7, 11) is 0. The molecule has 3 rings (SSSR count). The van der Waals surface area contributed by atoms with Gasteiger partial charge in [0, 0.05) is 17.3 Å². The molecule has 0 fully saturated rings. The van der Waals surface area contributed by atoms with Crippen LogP contribution < -0.4 is 10.9 Å². The van der Waals surface area contributed by atoms with Crippen molar-refractivity contribution in [3.63, 3.8) is 0 Å². The first-order valence-electron chi connectivity index (χ1n) is 9.44. The van der Waals surface area contributed by atoms with Crippen molar-refractivity contribution in [1.82, 2.24) is 9.78 Å². The molecule has 0 bridgehead atoms. The first kappa shape index (κ1) is 19.5. The molecule has 1 N–H and O–H groups in total. The number of hydrogen-bond donors (Lipinski definition) is 1. The SMILES string of the molecule is CCC(C(=O)Nc1cccc(C)c1)n1nc(-c2ccc(C)c(C)c2)ccc1=O. The maximum absolute atomic E-state index is 12.8. The van der Waals surface area contributed by atoms with Crippen molar-refractivity contribution in [2.24, 2.45) is 0 Å². The van der Waals surface area contributed by atoms with E-state index in [0.29, 0.717) is 17.8 Å². The molecule has 0 aliphatic rings. The van der Waals surface area contributed by atoms with Gasteiger partial charge in [-0.05, 0) is 68.1 Å². The Labute approximate surface area is 165 Å². The number of aryl methyl sites for hydroxylation is 3. The van der Waals surface area contributed by atoms with Crippen molar-refractivity contribution in [3.8, 4) is 11.3 Å². The van der Waals surface area contributed by atoms with Gasteiger partial charge >= 0.3 is 0 Å². The number of benzene rings is 2. The van der Waals surface area contributed by atoms with E-state index in [9.17, 15) is 9.59 Å². The second kappa shape index (κ2) is 8.21. The molecular formula is C23H25N3O2. The zero-order valence-corrected chi connectivity index (χ0v) is 16.7. The fourth-order valence-corrected chi connectivity index (χ4v) is 3.12. The predicted molar refractivity (Wildman–Crippen MR) is 113 cm³/mol. The summed E-state index contributed by atoms with van der Waals surface area (Å²) >= 11 is 0. The van der Waals surface area contributed by atoms with E-state index in [-0.39, 0.29) is 11.5 Å². The highest BCUT2D eigenvalue weighted by Crippen LogP contribution is 2.21. The standard InChI is InChI=1S/C23H25N3O2/c1-5-21(23(28)24-19-8-6-7-15(2)13-19)26-22(27)12-11-20(25-26)18-10-9-16(3)17(4)14-18/h6-14,21H,5H2,1-4H3,(H,24,28). The molecule has 0 spiro atoms. The molecule has 5 nitrogen and oxygen atoms in total. The van der Waals surface area contributed by atoms with E-state index < -0.39 is 6.04 Å². The topological polar surface area (TPSA) is 64.0 Å². The Kier molecular flexibility index (Phi) is 5.73. The van der Waals surface area contributed by atoms with E-state index in [0.717, 1.165) is 16.7 Å². The quantitative estimate of drug-likeness (QED) is 0.718. The molecule has 1 unspecified atom stereocenters. The van der Waals surface area contributed by atoms with Crippen LogP contribution in [0.4, 0.5) is 5.69 Å². The van der Waals surface area contributed by atoms with Gasteiger partial charge in [-0.15, -0.1) is 0 Å². The summed E-state index contributed by atoms with van der Waals surface area (Å²) in [6.07, 6.45) is 0.459. The molecule has 0 aliphatic heterocycles. The second-order valence-electron chi connectivity index (χ2n) is 7.08. The summed E-state index contributed by atoms with van der Waals surface area (Å²) in [5, 5.41) is 7.40. The summed E-state index contributed by atoms with van der Waals surface area (Å²) < 4.78 is 1.29. The summed E-state index contributed by atoms with van der Waals surface area (Å²) in [4.78, 5) is 25.3. The summed E-state index contributed by atoms with van der Waals surface area (Å²) in [5.41, 5.74) is 5.41. The molecule has 5 heteroatoms. The number of nitrogens with zero attached hydrogens (tertiary/aromatic N) is 2. The van der Waals surface area contributed by atoms with E-state index in [1.165, 1.54) is 16.3 Å². The van der Waals surface area contributed by atoms with Crippen LogP contribution in [0.3, 0.4) is 0 Å². The zero-order valence-electron chi connectivity index (χ0n) is 16.7. The van der Waals surface area contributed by atoms with E-state index in [2.05, 4.69) is 17.3 Å². The highest BCUT2D eigenvalue weighted by Gasteiger charge is 2.21. The van der Waals surface area contributed by atoms with Crippen molar-refractivity contribution >= 4 is 11.6 Å². The molecule has 0 radical (unpaired) electrons. The lowest BCUT2D eigenvalue weighted by molar-refractivity contribution is -0.119. The van der Waals surface area contributed by atoms with Gasteiger partial charge in [-0.3, -0.25) is 9.59 Å². The van der Waals surface area contributed by atoms with Crippen molar-refractivity contribution in [2.45, 2.75) is 40.2 Å². The average molecular weight is 375 g/mol. The number of nitrogens with one attached hydrogen (secondary N) is 1. The Bertz CT molecular complexity index is 1070. The van der Waals surface area contributed by atoms with E-state index in [4.69, 9.17) is 0 Å². The summed E-state index contributed by atoms with van der Waals surface area (Å²) in [6.45, 7) is 7.93. The third kappa shape index (κ3) is 4.19. The minimum Gasteiger partial charge on any atom is -0.324 e. The highest BCUT2D eigenvalue weighted by molar-refractivity contribution is 5.93. The molecule has 0 aliphatic carbocycles. The first-order chi connectivity index (χ1) is 13.4. The lowest BCUT2D eigenvalue weighted by Crippen LogP contribution is -2.34. The Hall–Kier alpha value is -3.21. The van der Waals surface area contributed by atoms with Gasteiger partial charge in [0.05, 0.1) is 5.69 Å². The van der Waals surface area contributed by atoms with E-state index in [1.807, 2.05) is 63.2 Å². The molecule has 144 valence electrons. The minimum absolute atomic E-state index is 0.250. The number of anilines is 1. The lowest BCUT2D eigenvalue weighted by Gasteiger charge is -2.18. The largest absolute Gasteiger partial charge is 0.324 e. The number of rotatable bonds is 5. The first-order valence-corrected chi connectivity index (χ1v) is 9.44. The van der Waals surface area contributed by atoms with E-state index >= 15 is 0 Å². The van der Waals surface area contributed by atoms with Crippen molar-refractivity contribution in [2.75, 3.05) is 5.32 Å². The third-order valence-electron chi connectivity index (χ3n) is 4.90. The molecule has 1 heterocycles. The fourth-order valence-electron chi connectivity index (χ4n) is 3.12. The van der Waals surface area contributed by atoms with Gasteiger partial charge in [0.1, 0.15) is 6.04 Å². The molecular weight excluding hydrogens is 350 g/mol. The Balaban J connectivity index is 1.94. The molecule has 1 amide bonds. The normalized spacial score (nSPS) is 11.9. The minimum atomic E-state index is -0.681. The Morgan fingerprint density at radius 1 is 1.04 bits per heavy atom. The maximum atomic E-state index is 12.8. The van der Waals surface area contributed by atoms with Gasteiger partial charge in [-0.2, -0.15) is 5.10 Å². The van der Waals surface area contributed by atoms with Crippen LogP contribution in [0.1, 0.15) is 36.1 Å². The molecule has 1 aromatic heterocycles. The van der Waals surface area contributed by atoms with Gasteiger partial charge in [-0.1, -0.05) is 31.2 Å². The highest BCUT2D eigenvalue weighted by atomic mass is 16.2. The summed E-state index contributed by atoms with van der Waals surface area (Å²) in [6, 6.07) is 16.1. The number of carbonyl (C=O) groups excluding carboxylic acids is 1. The van der Waals surface area contributed by atoms with Gasteiger partial charge in [-0.25, -0.2) is 4.68 Å². The van der Waals surface area contributed by atoms with Gasteiger partial charge in [0.25, 0.3) is 5.56 Å². The van der Waals surface area contributed by atoms with Crippen LogP contribution in [-0.2, 0) is 4.79 Å². The van der Waals surface area contributed by atoms with Crippen molar-refractivity contribution in [1.29, 1.82) is 0 Å². The van der Waals surface area contributed by atoms with E-state index in [1.54, 1.807) is 6.07 Å². The molecule has 1 atom stereocenters. The molecule has 28 heavy (non-hydrogen) atoms. The van der Waals surface area contributed by atoms with Crippen LogP contribution in [0.15, 0.2) is 59.4 Å². The maximum Gasteiger partial charge on any atom is 0.267 e. The monoisotopic (exact) mass is 375 g/mol. The van der Waals surface area contributed by atoms with Crippen LogP contribution in [-0.4, -0.2) is 15.7 Å². The van der Waals surface area contributed by atoms with Crippen LogP contribution in [0.2, 0.25) is 0 Å². The number of carbonyl (C=O) groups is 1. The number of aromatic nitrogens is 2. The Morgan fingerprint density at radius 3 is 2.50 bits per heavy atom. The number of hydrogen-bond acceptors (Lipinski definition) is 3. The lowest BCUT2D eigenvalue weighted by atomic mass is 10.0. The number of amides is 1. The van der Waals surface area contributed by atoms with Crippen LogP contribution in [0, 0.1) is 20.8 Å². The predicted octanol–water partition coefficient (Wildman–Crippen LogP) is 4.43. The average Bonchev–Trinajstić information content (AvgIpc) is 2.66. The van der Waals surface area contributed by atoms with Gasteiger partial charge < -0.3 is 5.32 Å². The van der Waals surface area contributed by atoms with Crippen LogP contribution in [0.25, 0.3) is 11.3 Å². The van der Waals surface area contributed by atoms with Crippen molar-refractivity contribution < 1.29 is 4.79 Å². The smallest absolute Gasteiger partial charge is 0.267 e. The molecule has 0 saturated heterocycles. The van der Waals surface area contributed by atoms with Crippen molar-refractivity contribution in [3.05, 3.63) is 81.6 Å². The van der Waals surface area contributed by atoms with Crippen LogP contribution in [0.5, 0.6) is 0 Å². The van der Waals surface area contributed by atoms with Gasteiger partial charge in [0.15, 0.2) is 0 Å². The fraction of sp³-hybridized carbons (Fsp3) is 0.261. The zero-order chi connectivity index (χ0) is 20.3. The molecule has 2 aromatic carbocycles. The molecule has 3 aromatic rings. The van der Waals surface area contributed by atoms with Crippen LogP contribution >= 0.6 is 0 Å².